The summed E-state index contributed by atoms with van der Waals surface area (Å²) >= 11 is 0. The number of likely N-dealkylation sites (tertiary alicyclic amines) is 1. The summed E-state index contributed by atoms with van der Waals surface area (Å²) in [4.78, 5) is 23.5. The van der Waals surface area contributed by atoms with Gasteiger partial charge >= 0.3 is 5.97 Å². The molecule has 0 radical (unpaired) electrons. The van der Waals surface area contributed by atoms with E-state index >= 15 is 0 Å². The number of carboxylic acids is 1. The van der Waals surface area contributed by atoms with Gasteiger partial charge in [0.1, 0.15) is 0 Å². The zero-order valence-corrected chi connectivity index (χ0v) is 11.2. The Hall–Kier alpha value is -2.15. The highest BCUT2D eigenvalue weighted by molar-refractivity contribution is 5.95. The second kappa shape index (κ2) is 5.87. The summed E-state index contributed by atoms with van der Waals surface area (Å²) in [5, 5.41) is 22.9. The molecule has 20 heavy (non-hydrogen) atoms. The summed E-state index contributed by atoms with van der Waals surface area (Å²) in [5.41, 5.74) is 0.150. The monoisotopic (exact) mass is 279 g/mol. The number of hydrogen-bond donors (Lipinski definition) is 2. The van der Waals surface area contributed by atoms with Crippen molar-refractivity contribution < 1.29 is 14.8 Å². The van der Waals surface area contributed by atoms with Crippen molar-refractivity contribution in [1.29, 1.82) is 0 Å². The molecule has 0 amide bonds. The molecule has 1 atom stereocenters. The number of nitro groups is 1. The minimum Gasteiger partial charge on any atom is -0.478 e. The van der Waals surface area contributed by atoms with Crippen molar-refractivity contribution in [2.75, 3.05) is 32.0 Å². The molecule has 7 heteroatoms. The number of rotatable bonds is 5. The Labute approximate surface area is 116 Å². The first-order valence-electron chi connectivity index (χ1n) is 6.41. The van der Waals surface area contributed by atoms with Crippen LogP contribution in [0.2, 0.25) is 0 Å². The van der Waals surface area contributed by atoms with Gasteiger partial charge in [0.15, 0.2) is 0 Å². The van der Waals surface area contributed by atoms with Crippen LogP contribution in [0.15, 0.2) is 18.2 Å². The molecule has 2 rings (SSSR count). The molecule has 1 aliphatic heterocycles. The number of nitrogens with one attached hydrogen (secondary N) is 1. The van der Waals surface area contributed by atoms with Gasteiger partial charge < -0.3 is 15.3 Å². The number of aromatic carboxylic acids is 1. The fourth-order valence-electron chi connectivity index (χ4n) is 2.42. The van der Waals surface area contributed by atoms with E-state index < -0.39 is 10.9 Å². The Morgan fingerprint density at radius 3 is 2.90 bits per heavy atom. The lowest BCUT2D eigenvalue weighted by molar-refractivity contribution is -0.384. The summed E-state index contributed by atoms with van der Waals surface area (Å²) in [6.45, 7) is 2.68. The number of nitrogens with zero attached hydrogens (tertiary/aromatic N) is 2. The number of hydrogen-bond acceptors (Lipinski definition) is 5. The van der Waals surface area contributed by atoms with Gasteiger partial charge in [0.2, 0.25) is 0 Å². The van der Waals surface area contributed by atoms with E-state index in [1.807, 2.05) is 0 Å². The van der Waals surface area contributed by atoms with Crippen molar-refractivity contribution in [3.8, 4) is 0 Å². The molecule has 108 valence electrons. The van der Waals surface area contributed by atoms with Gasteiger partial charge in [0.05, 0.1) is 10.5 Å². The van der Waals surface area contributed by atoms with Gasteiger partial charge in [-0.05, 0) is 32.0 Å². The standard InChI is InChI=1S/C13H17N3O4/c1-15-5-4-9(8-15)7-14-12-3-2-10(16(19)20)6-11(12)13(17)18/h2-3,6,9,14H,4-5,7-8H2,1H3,(H,17,18). The number of anilines is 1. The van der Waals surface area contributed by atoms with Crippen LogP contribution in [0.5, 0.6) is 0 Å². The third kappa shape index (κ3) is 3.24. The molecule has 0 aromatic heterocycles. The molecule has 1 aromatic carbocycles. The van der Waals surface area contributed by atoms with Gasteiger partial charge in [0.25, 0.3) is 5.69 Å². The van der Waals surface area contributed by atoms with Crippen LogP contribution in [0.3, 0.4) is 0 Å². The Morgan fingerprint density at radius 1 is 1.60 bits per heavy atom. The molecule has 1 aromatic rings. The third-order valence-corrected chi connectivity index (χ3v) is 3.51. The molecular formula is C13H17N3O4. The molecule has 2 N–H and O–H groups in total. The molecule has 1 unspecified atom stereocenters. The van der Waals surface area contributed by atoms with E-state index in [1.54, 1.807) is 0 Å². The molecule has 0 bridgehead atoms. The van der Waals surface area contributed by atoms with Gasteiger partial charge in [-0.3, -0.25) is 10.1 Å². The molecule has 0 aliphatic carbocycles. The largest absolute Gasteiger partial charge is 0.478 e. The summed E-state index contributed by atoms with van der Waals surface area (Å²) < 4.78 is 0. The molecule has 1 saturated heterocycles. The lowest BCUT2D eigenvalue weighted by Gasteiger charge is -2.14. The van der Waals surface area contributed by atoms with E-state index in [4.69, 9.17) is 5.11 Å². The number of nitro benzene ring substituents is 1. The third-order valence-electron chi connectivity index (χ3n) is 3.51. The highest BCUT2D eigenvalue weighted by atomic mass is 16.6. The molecular weight excluding hydrogens is 262 g/mol. The highest BCUT2D eigenvalue weighted by Crippen LogP contribution is 2.23. The van der Waals surface area contributed by atoms with Crippen LogP contribution >= 0.6 is 0 Å². The average Bonchev–Trinajstić information content (AvgIpc) is 2.81. The summed E-state index contributed by atoms with van der Waals surface area (Å²) in [6, 6.07) is 3.86. The highest BCUT2D eigenvalue weighted by Gasteiger charge is 2.21. The van der Waals surface area contributed by atoms with Crippen LogP contribution in [-0.4, -0.2) is 47.6 Å². The van der Waals surface area contributed by atoms with Gasteiger partial charge in [0, 0.05) is 30.9 Å². The minimum absolute atomic E-state index is 0.0643. The Kier molecular flexibility index (Phi) is 4.19. The van der Waals surface area contributed by atoms with Gasteiger partial charge in [-0.15, -0.1) is 0 Å². The van der Waals surface area contributed by atoms with Gasteiger partial charge in [-0.1, -0.05) is 0 Å². The van der Waals surface area contributed by atoms with E-state index in [9.17, 15) is 14.9 Å². The van der Waals surface area contributed by atoms with E-state index in [1.165, 1.54) is 12.1 Å². The fourth-order valence-corrected chi connectivity index (χ4v) is 2.42. The quantitative estimate of drug-likeness (QED) is 0.628. The predicted octanol–water partition coefficient (Wildman–Crippen LogP) is 1.66. The normalized spacial score (nSPS) is 18.9. The number of carbonyl (C=O) groups is 1. The van der Waals surface area contributed by atoms with E-state index in [0.29, 0.717) is 18.2 Å². The maximum Gasteiger partial charge on any atom is 0.338 e. The Balaban J connectivity index is 2.10. The number of benzene rings is 1. The molecule has 7 nitrogen and oxygen atoms in total. The minimum atomic E-state index is -1.17. The van der Waals surface area contributed by atoms with Crippen molar-refractivity contribution in [1.82, 2.24) is 4.90 Å². The first-order chi connectivity index (χ1) is 9.47. The fraction of sp³-hybridized carbons (Fsp3) is 0.462. The van der Waals surface area contributed by atoms with Crippen molar-refractivity contribution in [3.05, 3.63) is 33.9 Å². The molecule has 1 fully saturated rings. The van der Waals surface area contributed by atoms with E-state index in [0.717, 1.165) is 25.6 Å². The van der Waals surface area contributed by atoms with Crippen LogP contribution in [0, 0.1) is 16.0 Å². The average molecular weight is 279 g/mol. The van der Waals surface area contributed by atoms with Crippen molar-refractivity contribution >= 4 is 17.3 Å². The summed E-state index contributed by atoms with van der Waals surface area (Å²) in [7, 11) is 2.05. The zero-order valence-electron chi connectivity index (χ0n) is 11.2. The number of non-ortho nitro benzene ring substituents is 1. The molecule has 0 spiro atoms. The van der Waals surface area contributed by atoms with Crippen LogP contribution in [0.25, 0.3) is 0 Å². The summed E-state index contributed by atoms with van der Waals surface area (Å²) in [5.74, 6) is -0.698. The Bertz CT molecular complexity index is 532. The topological polar surface area (TPSA) is 95.7 Å². The Morgan fingerprint density at radius 2 is 2.35 bits per heavy atom. The van der Waals surface area contributed by atoms with Crippen molar-refractivity contribution in [2.24, 2.45) is 5.92 Å². The number of carboxylic acid groups (broad SMARTS) is 1. The zero-order chi connectivity index (χ0) is 14.7. The van der Waals surface area contributed by atoms with Crippen molar-refractivity contribution in [2.45, 2.75) is 6.42 Å². The predicted molar refractivity (Wildman–Crippen MR) is 74.1 cm³/mol. The molecule has 0 saturated carbocycles. The smallest absolute Gasteiger partial charge is 0.338 e. The van der Waals surface area contributed by atoms with Crippen molar-refractivity contribution in [3.63, 3.8) is 0 Å². The van der Waals surface area contributed by atoms with Gasteiger partial charge in [-0.25, -0.2) is 4.79 Å². The lowest BCUT2D eigenvalue weighted by atomic mass is 10.1. The maximum absolute atomic E-state index is 11.2. The SMILES string of the molecule is CN1CCC(CNc2ccc([N+](=O)[O-])cc2C(=O)O)C1. The van der Waals surface area contributed by atoms with Crippen LogP contribution in [0.1, 0.15) is 16.8 Å². The van der Waals surface area contributed by atoms with E-state index in [-0.39, 0.29) is 11.3 Å². The van der Waals surface area contributed by atoms with Crippen LogP contribution in [-0.2, 0) is 0 Å². The van der Waals surface area contributed by atoms with Crippen LogP contribution < -0.4 is 5.32 Å². The van der Waals surface area contributed by atoms with Gasteiger partial charge in [-0.2, -0.15) is 0 Å². The molecule has 1 aliphatic rings. The maximum atomic E-state index is 11.2. The van der Waals surface area contributed by atoms with E-state index in [2.05, 4.69) is 17.3 Å². The first-order valence-corrected chi connectivity index (χ1v) is 6.41. The summed E-state index contributed by atoms with van der Waals surface area (Å²) in [6.07, 6.45) is 1.07. The first kappa shape index (κ1) is 14.3. The second-order valence-corrected chi connectivity index (χ2v) is 5.09. The second-order valence-electron chi connectivity index (χ2n) is 5.09. The molecule has 1 heterocycles. The lowest BCUT2D eigenvalue weighted by Crippen LogP contribution is -2.20. The van der Waals surface area contributed by atoms with Crippen LogP contribution in [0.4, 0.5) is 11.4 Å².